The van der Waals surface area contributed by atoms with Crippen molar-refractivity contribution in [2.45, 2.75) is 20.3 Å². The Balaban J connectivity index is 2.00. The third-order valence-electron chi connectivity index (χ3n) is 3.36. The van der Waals surface area contributed by atoms with Gasteiger partial charge in [0.1, 0.15) is 0 Å². The van der Waals surface area contributed by atoms with E-state index in [0.29, 0.717) is 6.42 Å². The van der Waals surface area contributed by atoms with Crippen molar-refractivity contribution in [3.05, 3.63) is 61.9 Å². The van der Waals surface area contributed by atoms with Crippen LogP contribution in [0.5, 0.6) is 0 Å². The molecule has 3 aromatic rings. The number of pyridine rings is 1. The molecule has 0 N–H and O–H groups in total. The van der Waals surface area contributed by atoms with Crippen molar-refractivity contribution in [3.63, 3.8) is 0 Å². The second-order valence-corrected chi connectivity index (χ2v) is 7.19. The molecule has 0 radical (unpaired) electrons. The zero-order chi connectivity index (χ0) is 15.0. The van der Waals surface area contributed by atoms with E-state index in [1.54, 1.807) is 0 Å². The number of ketones is 1. The molecule has 0 bridgehead atoms. The van der Waals surface area contributed by atoms with E-state index in [2.05, 4.69) is 27.0 Å². The Morgan fingerprint density at radius 3 is 2.76 bits per heavy atom. The minimum atomic E-state index is 0.135. The van der Waals surface area contributed by atoms with E-state index in [1.807, 2.05) is 44.2 Å². The number of aromatic nitrogens is 1. The molecule has 0 saturated carbocycles. The van der Waals surface area contributed by atoms with Gasteiger partial charge in [0.25, 0.3) is 0 Å². The zero-order valence-electron chi connectivity index (χ0n) is 11.8. The molecule has 0 fully saturated rings. The molecule has 0 atom stereocenters. The van der Waals surface area contributed by atoms with Crippen LogP contribution in [0.2, 0.25) is 0 Å². The first-order chi connectivity index (χ1) is 10.0. The van der Waals surface area contributed by atoms with Gasteiger partial charge in [-0.1, -0.05) is 24.3 Å². The second kappa shape index (κ2) is 5.70. The average Bonchev–Trinajstić information content (AvgIpc) is 2.78. The maximum absolute atomic E-state index is 12.5. The molecule has 2 heterocycles. The summed E-state index contributed by atoms with van der Waals surface area (Å²) in [7, 11) is 0. The van der Waals surface area contributed by atoms with E-state index in [4.69, 9.17) is 0 Å². The minimum absolute atomic E-state index is 0.135. The molecule has 2 aromatic heterocycles. The van der Waals surface area contributed by atoms with Crippen LogP contribution >= 0.6 is 27.3 Å². The van der Waals surface area contributed by atoms with Crippen LogP contribution in [0.3, 0.4) is 0 Å². The highest BCUT2D eigenvalue weighted by Crippen LogP contribution is 2.29. The first-order valence-corrected chi connectivity index (χ1v) is 8.30. The number of Topliss-reactive ketones (excluding diaryl/α,β-unsaturated/α-hetero) is 1. The summed E-state index contributed by atoms with van der Waals surface area (Å²) in [6.45, 7) is 3.98. The normalized spacial score (nSPS) is 11.0. The summed E-state index contributed by atoms with van der Waals surface area (Å²) in [6.07, 6.45) is 0.381. The quantitative estimate of drug-likeness (QED) is 0.608. The van der Waals surface area contributed by atoms with Crippen LogP contribution in [0.25, 0.3) is 10.9 Å². The van der Waals surface area contributed by atoms with Crippen molar-refractivity contribution in [3.8, 4) is 0 Å². The molecular weight excluding hydrogens is 346 g/mol. The average molecular weight is 360 g/mol. The largest absolute Gasteiger partial charge is 0.293 e. The van der Waals surface area contributed by atoms with E-state index in [0.717, 1.165) is 36.4 Å². The molecule has 0 unspecified atom stereocenters. The van der Waals surface area contributed by atoms with Gasteiger partial charge in [0.15, 0.2) is 5.78 Å². The van der Waals surface area contributed by atoms with Crippen LogP contribution in [-0.2, 0) is 6.42 Å². The van der Waals surface area contributed by atoms with Crippen LogP contribution in [0.1, 0.15) is 25.8 Å². The Morgan fingerprint density at radius 2 is 2.05 bits per heavy atom. The Kier molecular flexibility index (Phi) is 3.91. The van der Waals surface area contributed by atoms with Crippen LogP contribution in [0, 0.1) is 13.8 Å². The number of halogens is 1. The summed E-state index contributed by atoms with van der Waals surface area (Å²) < 4.78 is 0.888. The molecule has 0 aliphatic heterocycles. The van der Waals surface area contributed by atoms with Crippen molar-refractivity contribution < 1.29 is 4.79 Å². The molecule has 106 valence electrons. The zero-order valence-corrected chi connectivity index (χ0v) is 14.2. The van der Waals surface area contributed by atoms with Crippen molar-refractivity contribution in [1.82, 2.24) is 4.98 Å². The van der Waals surface area contributed by atoms with Crippen molar-refractivity contribution in [2.75, 3.05) is 0 Å². The number of nitrogens with zero attached hydrogens (tertiary/aromatic N) is 1. The Hall–Kier alpha value is -1.52. The number of carbonyl (C=O) groups excluding carboxylic acids is 1. The van der Waals surface area contributed by atoms with Crippen LogP contribution in [-0.4, -0.2) is 10.8 Å². The molecule has 0 saturated heterocycles. The third kappa shape index (κ3) is 2.92. The number of aryl methyl sites for hydroxylation is 2. The molecule has 3 rings (SSSR count). The van der Waals surface area contributed by atoms with Crippen LogP contribution in [0.4, 0.5) is 0 Å². The van der Waals surface area contributed by atoms with Gasteiger partial charge in [0.2, 0.25) is 0 Å². The van der Waals surface area contributed by atoms with E-state index in [1.165, 1.54) is 11.3 Å². The highest BCUT2D eigenvalue weighted by molar-refractivity contribution is 9.10. The number of hydrogen-bond donors (Lipinski definition) is 0. The van der Waals surface area contributed by atoms with Gasteiger partial charge >= 0.3 is 0 Å². The highest BCUT2D eigenvalue weighted by atomic mass is 79.9. The summed E-state index contributed by atoms with van der Waals surface area (Å²) in [4.78, 5) is 19.0. The maximum atomic E-state index is 12.5. The first-order valence-electron chi connectivity index (χ1n) is 6.69. The number of thiophene rings is 1. The van der Waals surface area contributed by atoms with Gasteiger partial charge in [0.05, 0.1) is 10.4 Å². The summed E-state index contributed by atoms with van der Waals surface area (Å²) >= 11 is 5.00. The SMILES string of the molecule is Cc1ccc2cccc(CC(=O)c3sc(C)cc3Br)c2n1. The third-order valence-corrected chi connectivity index (χ3v) is 5.34. The number of para-hydroxylation sites is 1. The number of hydrogen-bond acceptors (Lipinski definition) is 3. The summed E-state index contributed by atoms with van der Waals surface area (Å²) in [6, 6.07) is 12.0. The fourth-order valence-corrected chi connectivity index (χ4v) is 4.18. The van der Waals surface area contributed by atoms with Gasteiger partial charge in [-0.05, 0) is 47.5 Å². The summed E-state index contributed by atoms with van der Waals surface area (Å²) in [5.74, 6) is 0.135. The molecule has 21 heavy (non-hydrogen) atoms. The van der Waals surface area contributed by atoms with Crippen molar-refractivity contribution in [1.29, 1.82) is 0 Å². The molecule has 0 amide bonds. The number of carbonyl (C=O) groups is 1. The van der Waals surface area contributed by atoms with Gasteiger partial charge in [-0.15, -0.1) is 11.3 Å². The Bertz CT molecular complexity index is 838. The van der Waals surface area contributed by atoms with Crippen molar-refractivity contribution >= 4 is 44.0 Å². The summed E-state index contributed by atoms with van der Waals surface area (Å²) in [5, 5.41) is 1.08. The minimum Gasteiger partial charge on any atom is -0.293 e. The predicted octanol–water partition coefficient (Wildman–Crippen LogP) is 5.10. The smallest absolute Gasteiger partial charge is 0.178 e. The monoisotopic (exact) mass is 359 g/mol. The Morgan fingerprint density at radius 1 is 1.24 bits per heavy atom. The first kappa shape index (κ1) is 14.4. The van der Waals surface area contributed by atoms with E-state index < -0.39 is 0 Å². The molecule has 4 heteroatoms. The molecule has 1 aromatic carbocycles. The number of benzene rings is 1. The fraction of sp³-hybridized carbons (Fsp3) is 0.176. The lowest BCUT2D eigenvalue weighted by Crippen LogP contribution is -2.03. The molecule has 2 nitrogen and oxygen atoms in total. The molecular formula is C17H14BrNOS. The molecule has 0 aliphatic rings. The standard InChI is InChI=1S/C17H14BrNOS/c1-10-6-7-12-4-3-5-13(16(12)19-10)9-15(20)17-14(18)8-11(2)21-17/h3-8H,9H2,1-2H3. The van der Waals surface area contributed by atoms with Crippen LogP contribution < -0.4 is 0 Å². The highest BCUT2D eigenvalue weighted by Gasteiger charge is 2.15. The molecule has 0 spiro atoms. The van der Waals surface area contributed by atoms with Gasteiger partial charge in [-0.2, -0.15) is 0 Å². The van der Waals surface area contributed by atoms with Gasteiger partial charge in [-0.3, -0.25) is 9.78 Å². The number of rotatable bonds is 3. The Labute approximate surface area is 136 Å². The number of fused-ring (bicyclic) bond motifs is 1. The van der Waals surface area contributed by atoms with Gasteiger partial charge in [-0.25, -0.2) is 0 Å². The van der Waals surface area contributed by atoms with E-state index in [-0.39, 0.29) is 5.78 Å². The lowest BCUT2D eigenvalue weighted by Gasteiger charge is -2.06. The van der Waals surface area contributed by atoms with E-state index >= 15 is 0 Å². The maximum Gasteiger partial charge on any atom is 0.178 e. The fourth-order valence-electron chi connectivity index (χ4n) is 2.38. The lowest BCUT2D eigenvalue weighted by molar-refractivity contribution is 0.0996. The second-order valence-electron chi connectivity index (χ2n) is 5.08. The van der Waals surface area contributed by atoms with Crippen LogP contribution in [0.15, 0.2) is 40.9 Å². The predicted molar refractivity (Wildman–Crippen MR) is 91.3 cm³/mol. The molecule has 0 aliphatic carbocycles. The lowest BCUT2D eigenvalue weighted by atomic mass is 10.0. The summed E-state index contributed by atoms with van der Waals surface area (Å²) in [5.41, 5.74) is 2.88. The topological polar surface area (TPSA) is 30.0 Å². The van der Waals surface area contributed by atoms with Crippen molar-refractivity contribution in [2.24, 2.45) is 0 Å². The van der Waals surface area contributed by atoms with Gasteiger partial charge < -0.3 is 0 Å². The van der Waals surface area contributed by atoms with E-state index in [9.17, 15) is 4.79 Å². The van der Waals surface area contributed by atoms with Gasteiger partial charge in [0, 0.05) is 26.9 Å².